The van der Waals surface area contributed by atoms with Crippen LogP contribution in [0.15, 0.2) is 126 Å². The van der Waals surface area contributed by atoms with Gasteiger partial charge in [-0.15, -0.1) is 0 Å². The number of hydrogen-bond donors (Lipinski definition) is 3. The van der Waals surface area contributed by atoms with Crippen LogP contribution in [0.25, 0.3) is 0 Å². The highest BCUT2D eigenvalue weighted by molar-refractivity contribution is 6.30. The molecule has 0 radical (unpaired) electrons. The molecule has 0 aromatic heterocycles. The summed E-state index contributed by atoms with van der Waals surface area (Å²) in [7, 11) is 2.95. The summed E-state index contributed by atoms with van der Waals surface area (Å²) < 4.78 is 53.8. The summed E-state index contributed by atoms with van der Waals surface area (Å²) in [4.78, 5) is 97.0. The smallest absolute Gasteiger partial charge is 0.478 e. The molecule has 472 valence electrons. The van der Waals surface area contributed by atoms with Crippen molar-refractivity contribution in [3.63, 3.8) is 0 Å². The molecular weight excluding hydrogens is 1150 g/mol. The second kappa shape index (κ2) is 32.7. The van der Waals surface area contributed by atoms with Gasteiger partial charge >= 0.3 is 24.1 Å². The number of primary amides is 1. The first-order valence-electron chi connectivity index (χ1n) is 28.9. The molecule has 2 aliphatic heterocycles. The Morgan fingerprint density at radius 3 is 1.89 bits per heavy atom. The van der Waals surface area contributed by atoms with Crippen LogP contribution < -0.4 is 5.73 Å². The second-order valence-corrected chi connectivity index (χ2v) is 23.1. The monoisotopic (exact) mass is 1230 g/mol. The lowest BCUT2D eigenvalue weighted by atomic mass is 9.46. The van der Waals surface area contributed by atoms with Gasteiger partial charge in [0.2, 0.25) is 5.91 Å². The Labute approximate surface area is 512 Å². The van der Waals surface area contributed by atoms with Gasteiger partial charge in [0.05, 0.1) is 29.3 Å². The number of likely N-dealkylation sites (tertiary alicyclic amines) is 1. The molecule has 7 unspecified atom stereocenters. The van der Waals surface area contributed by atoms with E-state index in [4.69, 9.17) is 60.4 Å². The maximum Gasteiger partial charge on any atom is 0.508 e. The van der Waals surface area contributed by atoms with Crippen molar-refractivity contribution in [3.05, 3.63) is 154 Å². The summed E-state index contributed by atoms with van der Waals surface area (Å²) in [6, 6.07) is 33.2. The highest BCUT2D eigenvalue weighted by Gasteiger charge is 2.74. The Hall–Kier alpha value is -7.20. The number of Topliss-reactive ketones (excluding diaryl/α,β-unsaturated/α-hetero) is 1. The lowest BCUT2D eigenvalue weighted by molar-refractivity contribution is -0.332. The van der Waals surface area contributed by atoms with Crippen LogP contribution in [0.4, 0.5) is 9.18 Å². The molecule has 4 aromatic rings. The van der Waals surface area contributed by atoms with Crippen molar-refractivity contribution >= 4 is 59.9 Å². The Morgan fingerprint density at radius 2 is 1.40 bits per heavy atom. The molecule has 4 aromatic carbocycles. The minimum atomic E-state index is -1.66. The standard InChI is InChI=1S/C41H49ClO12.C9H16FNO.C7H7NO.C7H6O2.C2H4O/c1-23-29(53-36(45)28(48-6)17-25-11-9-8-10-12-25)19-40(47)20-30-39(5,35(44)34(52-24(2)43)33(23)38(40,3)4)31(18-32-41(30,49-7)22-51-32)54-37(46)50-21-26-13-15-27(42)16-14-26;10-9(8-12)4-7-11-5-2-1-3-6-11;2*8-7(9)6-4-2-1-3-5-6;1-2-3/h8-16,28-32,34,47H,17-22H2,1-7H3;8-9H,1-7H2;1-5H,(H2,8,9);1-5H,(H,8,9);2H,1H3/t28-,29+,30?,31?,32?,34?,39?,40?,41-;;;;/m1..../s1. The lowest BCUT2D eigenvalue weighted by Gasteiger charge is -2.66. The largest absolute Gasteiger partial charge is 0.508 e. The predicted molar refractivity (Wildman–Crippen MR) is 320 cm³/mol. The number of carboxylic acid groups (broad SMARTS) is 1. The maximum atomic E-state index is 15.4. The van der Waals surface area contributed by atoms with Crippen LogP contribution >= 0.6 is 11.6 Å². The average molecular weight is 1230 g/mol. The van der Waals surface area contributed by atoms with E-state index in [1.807, 2.05) is 36.4 Å². The molecule has 2 heterocycles. The Kier molecular flexibility index (Phi) is 26.5. The molecule has 21 heteroatoms. The van der Waals surface area contributed by atoms with Gasteiger partial charge in [-0.1, -0.05) is 111 Å². The van der Waals surface area contributed by atoms with Crippen LogP contribution in [0, 0.1) is 16.7 Å². The summed E-state index contributed by atoms with van der Waals surface area (Å²) in [6.07, 6.45) is -1.99. The molecule has 2 saturated carbocycles. The number of benzene rings is 4. The molecule has 4 fully saturated rings. The maximum absolute atomic E-state index is 15.4. The van der Waals surface area contributed by atoms with Gasteiger partial charge < -0.3 is 63.6 Å². The number of aldehydes is 2. The number of methoxy groups -OCH3 is 2. The number of ketones is 1. The molecule has 9 rings (SSSR count). The number of alkyl halides is 1. The van der Waals surface area contributed by atoms with Crippen molar-refractivity contribution in [1.82, 2.24) is 4.90 Å². The van der Waals surface area contributed by atoms with Gasteiger partial charge in [-0.05, 0) is 118 Å². The fourth-order valence-electron chi connectivity index (χ4n) is 11.9. The summed E-state index contributed by atoms with van der Waals surface area (Å²) >= 11 is 6.00. The number of amides is 1. The molecule has 2 saturated heterocycles. The van der Waals surface area contributed by atoms with Gasteiger partial charge in [0.25, 0.3) is 0 Å². The fourth-order valence-corrected chi connectivity index (χ4v) is 12.1. The minimum absolute atomic E-state index is 0.0367. The van der Waals surface area contributed by atoms with E-state index in [1.165, 1.54) is 47.3 Å². The molecule has 4 N–H and O–H groups in total. The van der Waals surface area contributed by atoms with E-state index in [9.17, 15) is 38.3 Å². The van der Waals surface area contributed by atoms with Crippen molar-refractivity contribution in [2.45, 2.75) is 147 Å². The summed E-state index contributed by atoms with van der Waals surface area (Å²) in [5.74, 6) is -4.01. The molecule has 5 aliphatic rings. The SMILES string of the molecule is CC=O.CO[C@H](Cc1ccccc1)C(=O)O[C@H]1CC2(O)CC3C(C)(C(=O)C(OC(C)=O)C(=C1C)C2(C)C)C(OC(=O)OCc1ccc(Cl)cc1)CC1OC[C@]13OC.NC(=O)c1ccccc1.O=C(O)c1ccccc1.O=CC(F)CCN1CCCCC1. The zero-order chi connectivity index (χ0) is 64.1. The number of carbonyl (C=O) groups excluding carboxylic acids is 7. The van der Waals surface area contributed by atoms with Gasteiger partial charge in [0, 0.05) is 68.9 Å². The molecule has 1 amide bonds. The lowest BCUT2D eigenvalue weighted by Crippen LogP contribution is -2.77. The van der Waals surface area contributed by atoms with E-state index in [0.717, 1.165) is 31.5 Å². The summed E-state index contributed by atoms with van der Waals surface area (Å²) in [6.45, 7) is 12.5. The van der Waals surface area contributed by atoms with Crippen molar-refractivity contribution < 1.29 is 86.1 Å². The van der Waals surface area contributed by atoms with E-state index < -0.39 is 94.5 Å². The van der Waals surface area contributed by atoms with Crippen LogP contribution in [-0.4, -0.2) is 152 Å². The number of rotatable bonds is 16. The molecular formula is C66H82ClFN2O17. The molecule has 0 spiro atoms. The number of fused-ring (bicyclic) bond motifs is 5. The molecule has 19 nitrogen and oxygen atoms in total. The third-order valence-electron chi connectivity index (χ3n) is 16.9. The molecule has 10 atom stereocenters. The normalized spacial score (nSPS) is 25.6. The first kappa shape index (κ1) is 70.6. The number of halogens is 2. The highest BCUT2D eigenvalue weighted by atomic mass is 35.5. The zero-order valence-corrected chi connectivity index (χ0v) is 51.4. The van der Waals surface area contributed by atoms with Crippen LogP contribution in [-0.2, 0) is 70.2 Å². The van der Waals surface area contributed by atoms with E-state index in [0.29, 0.717) is 45.6 Å². The van der Waals surface area contributed by atoms with Crippen LogP contribution in [0.5, 0.6) is 0 Å². The number of hydrogen-bond acceptors (Lipinski definition) is 17. The predicted octanol–water partition coefficient (Wildman–Crippen LogP) is 9.50. The number of ether oxygens (including phenoxy) is 7. The number of nitrogens with two attached hydrogens (primary N) is 1. The molecule has 2 bridgehead atoms. The number of aliphatic hydroxyl groups is 1. The van der Waals surface area contributed by atoms with E-state index in [1.54, 1.807) is 107 Å². The topological polar surface area (TPSA) is 271 Å². The van der Waals surface area contributed by atoms with Crippen molar-refractivity contribution in [1.29, 1.82) is 0 Å². The average Bonchev–Trinajstić information content (AvgIpc) is 0.684. The van der Waals surface area contributed by atoms with Crippen LogP contribution in [0.2, 0.25) is 5.02 Å². The first-order chi connectivity index (χ1) is 41.3. The third-order valence-corrected chi connectivity index (χ3v) is 17.2. The Bertz CT molecular complexity index is 2910. The van der Waals surface area contributed by atoms with Crippen LogP contribution in [0.1, 0.15) is 118 Å². The highest BCUT2D eigenvalue weighted by Crippen LogP contribution is 2.64. The van der Waals surface area contributed by atoms with E-state index in [-0.39, 0.29) is 44.8 Å². The van der Waals surface area contributed by atoms with E-state index >= 15 is 4.79 Å². The molecule has 87 heavy (non-hydrogen) atoms. The van der Waals surface area contributed by atoms with Crippen molar-refractivity contribution in [2.75, 3.05) is 40.5 Å². The summed E-state index contributed by atoms with van der Waals surface area (Å²) in [5, 5.41) is 22.0. The second-order valence-electron chi connectivity index (χ2n) is 22.6. The van der Waals surface area contributed by atoms with Crippen molar-refractivity contribution in [3.8, 4) is 0 Å². The number of piperidine rings is 1. The van der Waals surface area contributed by atoms with Gasteiger partial charge in [0.1, 0.15) is 30.7 Å². The Balaban J connectivity index is 0.000000334. The quantitative estimate of drug-likeness (QED) is 0.0408. The van der Waals surface area contributed by atoms with Crippen molar-refractivity contribution in [2.24, 2.45) is 22.5 Å². The number of esters is 2. The minimum Gasteiger partial charge on any atom is -0.478 e. The van der Waals surface area contributed by atoms with Gasteiger partial charge in [-0.2, -0.15) is 0 Å². The number of carboxylic acids is 1. The van der Waals surface area contributed by atoms with Gasteiger partial charge in [-0.25, -0.2) is 18.8 Å². The Morgan fingerprint density at radius 1 is 0.828 bits per heavy atom. The zero-order valence-electron chi connectivity index (χ0n) is 50.7. The van der Waals surface area contributed by atoms with Gasteiger partial charge in [0.15, 0.2) is 30.4 Å². The third kappa shape index (κ3) is 18.0. The number of nitrogens with zero attached hydrogens (tertiary/aromatic N) is 1. The molecule has 3 aliphatic carbocycles. The summed E-state index contributed by atoms with van der Waals surface area (Å²) in [5.41, 5.74) is 2.70. The van der Waals surface area contributed by atoms with Crippen LogP contribution in [0.3, 0.4) is 0 Å². The first-order valence-corrected chi connectivity index (χ1v) is 29.2. The number of aromatic carboxylic acids is 1. The van der Waals surface area contributed by atoms with Gasteiger partial charge in [-0.3, -0.25) is 14.4 Å². The fraction of sp³-hybridized carbons (Fsp3) is 0.485. The number of carbonyl (C=O) groups is 8. The van der Waals surface area contributed by atoms with E-state index in [2.05, 4.69) is 4.90 Å².